The zero-order valence-corrected chi connectivity index (χ0v) is 8.51. The first-order valence-corrected chi connectivity index (χ1v) is 4.18. The van der Waals surface area contributed by atoms with E-state index < -0.39 is 5.97 Å². The molecule has 0 spiro atoms. The minimum atomic E-state index is -0.395. The molecule has 0 aliphatic rings. The van der Waals surface area contributed by atoms with Crippen molar-refractivity contribution in [2.75, 3.05) is 13.2 Å². The monoisotopic (exact) mass is 206 g/mol. The molecule has 0 amide bonds. The van der Waals surface area contributed by atoms with Gasteiger partial charge in [-0.25, -0.2) is 4.79 Å². The van der Waals surface area contributed by atoms with Crippen molar-refractivity contribution in [3.05, 3.63) is 24.3 Å². The number of rotatable bonds is 4. The molecule has 0 rings (SSSR count). The number of carbonyl (C=O) groups excluding carboxylic acids is 1. The Hall–Kier alpha value is -0.800. The first-order chi connectivity index (χ1) is 6.09. The Bertz CT molecular complexity index is 166. The zero-order chi connectivity index (χ0) is 10.7. The van der Waals surface area contributed by atoms with Crippen molar-refractivity contribution in [1.82, 2.24) is 0 Å². The zero-order valence-electron chi connectivity index (χ0n) is 7.75. The van der Waals surface area contributed by atoms with Crippen LogP contribution < -0.4 is 0 Å². The number of hydrogen-bond acceptors (Lipinski definition) is 3. The van der Waals surface area contributed by atoms with Crippen LogP contribution in [0.3, 0.4) is 0 Å². The van der Waals surface area contributed by atoms with Gasteiger partial charge in [0.15, 0.2) is 0 Å². The second kappa shape index (κ2) is 11.2. The van der Waals surface area contributed by atoms with Crippen LogP contribution in [-0.4, -0.2) is 24.3 Å². The van der Waals surface area contributed by atoms with Crippen LogP contribution in [-0.2, 0) is 9.53 Å². The van der Waals surface area contributed by atoms with Crippen LogP contribution in [0.1, 0.15) is 13.3 Å². The highest BCUT2D eigenvalue weighted by Gasteiger charge is 2.00. The SMILES string of the molecule is C=C(C)C(=O)OCCCO.C=CCl. The summed E-state index contributed by atoms with van der Waals surface area (Å²) in [4.78, 5) is 10.6. The molecule has 13 heavy (non-hydrogen) atoms. The topological polar surface area (TPSA) is 46.5 Å². The van der Waals surface area contributed by atoms with Crippen molar-refractivity contribution in [3.63, 3.8) is 0 Å². The molecule has 0 saturated carbocycles. The summed E-state index contributed by atoms with van der Waals surface area (Å²) in [5.41, 5.74) is 1.61. The fraction of sp³-hybridized carbons (Fsp3) is 0.444. The number of esters is 1. The Morgan fingerprint density at radius 2 is 2.15 bits per heavy atom. The third-order valence-electron chi connectivity index (χ3n) is 0.884. The molecule has 76 valence electrons. The average molecular weight is 207 g/mol. The molecule has 0 aromatic rings. The van der Waals surface area contributed by atoms with Gasteiger partial charge in [-0.1, -0.05) is 24.8 Å². The van der Waals surface area contributed by atoms with Gasteiger partial charge in [0.1, 0.15) is 0 Å². The fourth-order valence-electron chi connectivity index (χ4n) is 0.353. The van der Waals surface area contributed by atoms with E-state index >= 15 is 0 Å². The van der Waals surface area contributed by atoms with E-state index in [0.717, 1.165) is 0 Å². The van der Waals surface area contributed by atoms with Gasteiger partial charge in [0.05, 0.1) is 6.61 Å². The molecule has 3 nitrogen and oxygen atoms in total. The maximum atomic E-state index is 10.6. The van der Waals surface area contributed by atoms with Gasteiger partial charge in [-0.2, -0.15) is 0 Å². The quantitative estimate of drug-likeness (QED) is 0.434. The van der Waals surface area contributed by atoms with Gasteiger partial charge in [-0.15, -0.1) is 0 Å². The normalized spacial score (nSPS) is 7.92. The molecule has 0 fully saturated rings. The number of hydrogen-bond donors (Lipinski definition) is 1. The first kappa shape index (κ1) is 14.7. The second-order valence-electron chi connectivity index (χ2n) is 2.15. The van der Waals surface area contributed by atoms with E-state index in [1.807, 2.05) is 0 Å². The number of ether oxygens (including phenoxy) is 1. The Kier molecular flexibility index (Phi) is 12.7. The summed E-state index contributed by atoms with van der Waals surface area (Å²) in [5.74, 6) is -0.395. The molecule has 0 unspecified atom stereocenters. The van der Waals surface area contributed by atoms with Crippen molar-refractivity contribution in [2.24, 2.45) is 0 Å². The summed E-state index contributed by atoms with van der Waals surface area (Å²) < 4.78 is 4.65. The van der Waals surface area contributed by atoms with Crippen molar-refractivity contribution in [1.29, 1.82) is 0 Å². The summed E-state index contributed by atoms with van der Waals surface area (Å²) in [6.07, 6.45) is 0.485. The lowest BCUT2D eigenvalue weighted by atomic mass is 10.4. The minimum Gasteiger partial charge on any atom is -0.462 e. The molecule has 0 saturated heterocycles. The Balaban J connectivity index is 0. The lowest BCUT2D eigenvalue weighted by Crippen LogP contribution is -2.06. The molecule has 1 N–H and O–H groups in total. The highest BCUT2D eigenvalue weighted by Crippen LogP contribution is 1.92. The number of carbonyl (C=O) groups is 1. The number of aliphatic hydroxyl groups is 1. The van der Waals surface area contributed by atoms with Crippen LogP contribution in [0.15, 0.2) is 24.3 Å². The predicted molar refractivity (Wildman–Crippen MR) is 53.5 cm³/mol. The number of halogens is 1. The van der Waals surface area contributed by atoms with Crippen LogP contribution in [0.25, 0.3) is 0 Å². The van der Waals surface area contributed by atoms with Crippen molar-refractivity contribution < 1.29 is 14.6 Å². The maximum absolute atomic E-state index is 10.6. The van der Waals surface area contributed by atoms with Crippen LogP contribution in [0, 0.1) is 0 Å². The van der Waals surface area contributed by atoms with E-state index in [1.165, 1.54) is 5.54 Å². The van der Waals surface area contributed by atoms with Crippen LogP contribution >= 0.6 is 11.6 Å². The van der Waals surface area contributed by atoms with E-state index in [1.54, 1.807) is 6.92 Å². The number of aliphatic hydroxyl groups excluding tert-OH is 1. The van der Waals surface area contributed by atoms with E-state index in [4.69, 9.17) is 16.7 Å². The molecule has 0 aromatic heterocycles. The molecule has 0 bridgehead atoms. The summed E-state index contributed by atoms with van der Waals surface area (Å²) in [6.45, 7) is 8.42. The molecule has 0 atom stereocenters. The second-order valence-corrected chi connectivity index (χ2v) is 2.46. The van der Waals surface area contributed by atoms with Gasteiger partial charge in [-0.05, 0) is 12.5 Å². The average Bonchev–Trinajstić information content (AvgIpc) is 2.06. The molecule has 0 aliphatic heterocycles. The third-order valence-corrected chi connectivity index (χ3v) is 0.884. The standard InChI is InChI=1S/C7H12O3.C2H3Cl/c1-6(2)7(9)10-5-3-4-8;1-2-3/h8H,1,3-5H2,2H3;2H,1H2. The maximum Gasteiger partial charge on any atom is 0.333 e. The van der Waals surface area contributed by atoms with E-state index in [9.17, 15) is 4.79 Å². The van der Waals surface area contributed by atoms with Gasteiger partial charge >= 0.3 is 5.97 Å². The predicted octanol–water partition coefficient (Wildman–Crippen LogP) is 1.86. The largest absolute Gasteiger partial charge is 0.462 e. The Morgan fingerprint density at radius 3 is 2.46 bits per heavy atom. The van der Waals surface area contributed by atoms with Gasteiger partial charge in [0, 0.05) is 18.6 Å². The molecule has 0 aliphatic carbocycles. The summed E-state index contributed by atoms with van der Waals surface area (Å²) in [6, 6.07) is 0. The lowest BCUT2D eigenvalue weighted by Gasteiger charge is -2.00. The van der Waals surface area contributed by atoms with Crippen molar-refractivity contribution in [2.45, 2.75) is 13.3 Å². The lowest BCUT2D eigenvalue weighted by molar-refractivity contribution is -0.139. The van der Waals surface area contributed by atoms with Crippen molar-refractivity contribution in [3.8, 4) is 0 Å². The molecule has 0 heterocycles. The molecular formula is C9H15ClO3. The minimum absolute atomic E-state index is 0.0451. The Morgan fingerprint density at radius 1 is 1.69 bits per heavy atom. The van der Waals surface area contributed by atoms with Crippen LogP contribution in [0.4, 0.5) is 0 Å². The van der Waals surface area contributed by atoms with Crippen LogP contribution in [0.5, 0.6) is 0 Å². The molecule has 0 aromatic carbocycles. The highest BCUT2D eigenvalue weighted by molar-refractivity contribution is 6.25. The smallest absolute Gasteiger partial charge is 0.333 e. The fourth-order valence-corrected chi connectivity index (χ4v) is 0.353. The molecular weight excluding hydrogens is 192 g/mol. The van der Waals surface area contributed by atoms with E-state index in [2.05, 4.69) is 17.9 Å². The summed E-state index contributed by atoms with van der Waals surface area (Å²) >= 11 is 4.76. The summed E-state index contributed by atoms with van der Waals surface area (Å²) in [5, 5.41) is 8.30. The molecule has 4 heteroatoms. The third kappa shape index (κ3) is 14.1. The highest BCUT2D eigenvalue weighted by atomic mass is 35.5. The first-order valence-electron chi connectivity index (χ1n) is 3.74. The van der Waals surface area contributed by atoms with E-state index in [-0.39, 0.29) is 13.2 Å². The van der Waals surface area contributed by atoms with E-state index in [0.29, 0.717) is 12.0 Å². The van der Waals surface area contributed by atoms with Gasteiger partial charge in [0.2, 0.25) is 0 Å². The Labute approximate surface area is 83.7 Å². The van der Waals surface area contributed by atoms with Gasteiger partial charge < -0.3 is 9.84 Å². The molecule has 0 radical (unpaired) electrons. The van der Waals surface area contributed by atoms with Gasteiger partial charge in [0.25, 0.3) is 0 Å². The van der Waals surface area contributed by atoms with Crippen LogP contribution in [0.2, 0.25) is 0 Å². The summed E-state index contributed by atoms with van der Waals surface area (Å²) in [7, 11) is 0. The van der Waals surface area contributed by atoms with Crippen molar-refractivity contribution >= 4 is 17.6 Å². The van der Waals surface area contributed by atoms with Gasteiger partial charge in [-0.3, -0.25) is 0 Å².